The van der Waals surface area contributed by atoms with Crippen LogP contribution in [0, 0.1) is 0 Å². The first kappa shape index (κ1) is 23.5. The number of aromatic nitrogens is 1. The third kappa shape index (κ3) is 4.54. The van der Waals surface area contributed by atoms with Gasteiger partial charge in [-0.3, -0.25) is 14.0 Å². The summed E-state index contributed by atoms with van der Waals surface area (Å²) in [6.45, 7) is 4.44. The Balaban J connectivity index is 1.52. The summed E-state index contributed by atoms with van der Waals surface area (Å²) in [5, 5.41) is 0. The topological polar surface area (TPSA) is 79.8 Å². The number of carbonyl (C=O) groups is 1. The Kier molecular flexibility index (Phi) is 6.70. The van der Waals surface area contributed by atoms with Gasteiger partial charge in [-0.15, -0.1) is 0 Å². The number of hydrogen-bond acceptors (Lipinski definition) is 5. The molecule has 2 aromatic carbocycles. The van der Waals surface area contributed by atoms with Crippen molar-refractivity contribution in [2.75, 3.05) is 29.4 Å². The second-order valence-electron chi connectivity index (χ2n) is 8.03. The van der Waals surface area contributed by atoms with Crippen LogP contribution in [0.2, 0.25) is 0 Å². The molecule has 0 aliphatic carbocycles. The van der Waals surface area contributed by atoms with E-state index < -0.39 is 10.0 Å². The number of sulfonamides is 1. The molecule has 0 N–H and O–H groups in total. The first-order valence-electron chi connectivity index (χ1n) is 11.0. The molecule has 0 unspecified atom stereocenters. The van der Waals surface area contributed by atoms with Crippen molar-refractivity contribution in [3.05, 3.63) is 89.6 Å². The molecular weight excluding hydrogens is 450 g/mol. The van der Waals surface area contributed by atoms with Crippen molar-refractivity contribution in [1.82, 2.24) is 4.98 Å². The number of benzene rings is 2. The van der Waals surface area contributed by atoms with Gasteiger partial charge in [-0.2, -0.15) is 0 Å². The third-order valence-electron chi connectivity index (χ3n) is 5.87. The molecule has 7 nitrogen and oxygen atoms in total. The predicted octanol–water partition coefficient (Wildman–Crippen LogP) is 4.21. The molecule has 0 fully saturated rings. The molecule has 1 aliphatic heterocycles. The molecule has 3 aromatic rings. The first-order chi connectivity index (χ1) is 16.3. The second kappa shape index (κ2) is 9.69. The highest BCUT2D eigenvalue weighted by atomic mass is 32.2. The highest BCUT2D eigenvalue weighted by molar-refractivity contribution is 7.92. The summed E-state index contributed by atoms with van der Waals surface area (Å²) in [4.78, 5) is 19.1. The SMILES string of the molecule is CCN(c1ccccc1)S(=O)(=O)c1ccc(N2CC(C)=C(Cc3ccc(OC)cc3)C2=O)nc1. The van der Waals surface area contributed by atoms with Crippen molar-refractivity contribution in [3.8, 4) is 5.75 Å². The summed E-state index contributed by atoms with van der Waals surface area (Å²) in [7, 11) is -2.16. The lowest BCUT2D eigenvalue weighted by Crippen LogP contribution is -2.31. The molecule has 1 aliphatic rings. The molecule has 4 rings (SSSR count). The Labute approximate surface area is 200 Å². The lowest BCUT2D eigenvalue weighted by atomic mass is 10.0. The van der Waals surface area contributed by atoms with Crippen LogP contribution in [0.3, 0.4) is 0 Å². The van der Waals surface area contributed by atoms with Gasteiger partial charge >= 0.3 is 0 Å². The lowest BCUT2D eigenvalue weighted by molar-refractivity contribution is -0.114. The number of methoxy groups -OCH3 is 1. The van der Waals surface area contributed by atoms with Crippen LogP contribution in [-0.2, 0) is 21.2 Å². The van der Waals surface area contributed by atoms with Gasteiger partial charge in [0.05, 0.1) is 12.8 Å². The van der Waals surface area contributed by atoms with Crippen LogP contribution >= 0.6 is 0 Å². The lowest BCUT2D eigenvalue weighted by Gasteiger charge is -2.23. The zero-order valence-corrected chi connectivity index (χ0v) is 20.2. The highest BCUT2D eigenvalue weighted by Crippen LogP contribution is 2.29. The Morgan fingerprint density at radius 3 is 2.32 bits per heavy atom. The van der Waals surface area contributed by atoms with Gasteiger partial charge in [0, 0.05) is 31.3 Å². The molecule has 1 aromatic heterocycles. The molecule has 0 radical (unpaired) electrons. The van der Waals surface area contributed by atoms with E-state index in [0.29, 0.717) is 24.5 Å². The molecule has 34 heavy (non-hydrogen) atoms. The number of rotatable bonds is 8. The predicted molar refractivity (Wildman–Crippen MR) is 133 cm³/mol. The van der Waals surface area contributed by atoms with Gasteiger partial charge in [0.25, 0.3) is 15.9 Å². The van der Waals surface area contributed by atoms with Crippen LogP contribution in [0.25, 0.3) is 0 Å². The van der Waals surface area contributed by atoms with Gasteiger partial charge in [-0.25, -0.2) is 13.4 Å². The van der Waals surface area contributed by atoms with E-state index in [0.717, 1.165) is 22.5 Å². The summed E-state index contributed by atoms with van der Waals surface area (Å²) < 4.78 is 32.9. The van der Waals surface area contributed by atoms with Crippen LogP contribution in [0.4, 0.5) is 11.5 Å². The van der Waals surface area contributed by atoms with Crippen LogP contribution in [0.1, 0.15) is 19.4 Å². The summed E-state index contributed by atoms with van der Waals surface area (Å²) in [5.41, 5.74) is 3.30. The molecule has 0 saturated heterocycles. The Hall–Kier alpha value is -3.65. The quantitative estimate of drug-likeness (QED) is 0.486. The van der Waals surface area contributed by atoms with Gasteiger partial charge in [0.2, 0.25) is 0 Å². The molecule has 0 saturated carbocycles. The van der Waals surface area contributed by atoms with Crippen molar-refractivity contribution in [1.29, 1.82) is 0 Å². The maximum absolute atomic E-state index is 13.2. The molecule has 1 amide bonds. The third-order valence-corrected chi connectivity index (χ3v) is 7.76. The van der Waals surface area contributed by atoms with Gasteiger partial charge < -0.3 is 4.74 Å². The van der Waals surface area contributed by atoms with Crippen molar-refractivity contribution in [2.24, 2.45) is 0 Å². The van der Waals surface area contributed by atoms with Gasteiger partial charge in [0.15, 0.2) is 0 Å². The minimum atomic E-state index is -3.78. The van der Waals surface area contributed by atoms with Gasteiger partial charge in [0.1, 0.15) is 16.5 Å². The number of pyridine rings is 1. The molecule has 0 atom stereocenters. The first-order valence-corrected chi connectivity index (χ1v) is 12.5. The van der Waals surface area contributed by atoms with Gasteiger partial charge in [-0.1, -0.05) is 30.3 Å². The zero-order chi connectivity index (χ0) is 24.3. The highest BCUT2D eigenvalue weighted by Gasteiger charge is 2.31. The number of hydrogen-bond donors (Lipinski definition) is 0. The van der Waals surface area contributed by atoms with E-state index in [1.165, 1.54) is 16.6 Å². The molecule has 0 spiro atoms. The number of ether oxygens (including phenoxy) is 1. The fourth-order valence-corrected chi connectivity index (χ4v) is 5.43. The van der Waals surface area contributed by atoms with E-state index in [1.807, 2.05) is 37.3 Å². The molecule has 8 heteroatoms. The monoisotopic (exact) mass is 477 g/mol. The molecular formula is C26H27N3O4S. The Bertz CT molecular complexity index is 1300. The number of nitrogens with zero attached hydrogens (tertiary/aromatic N) is 3. The fraction of sp³-hybridized carbons (Fsp3) is 0.231. The van der Waals surface area contributed by atoms with E-state index in [4.69, 9.17) is 4.74 Å². The Morgan fingerprint density at radius 2 is 1.74 bits per heavy atom. The smallest absolute Gasteiger partial charge is 0.265 e. The van der Waals surface area contributed by atoms with Crippen molar-refractivity contribution in [2.45, 2.75) is 25.2 Å². The molecule has 176 valence electrons. The fourth-order valence-electron chi connectivity index (χ4n) is 4.01. The van der Waals surface area contributed by atoms with E-state index >= 15 is 0 Å². The van der Waals surface area contributed by atoms with E-state index in [-0.39, 0.29) is 17.3 Å². The number of amides is 1. The number of para-hydroxylation sites is 1. The maximum atomic E-state index is 13.2. The van der Waals surface area contributed by atoms with Crippen LogP contribution in [-0.4, -0.2) is 39.5 Å². The van der Waals surface area contributed by atoms with Crippen LogP contribution in [0.15, 0.2) is 89.0 Å². The van der Waals surface area contributed by atoms with E-state index in [1.54, 1.807) is 49.3 Å². The zero-order valence-electron chi connectivity index (χ0n) is 19.4. The average molecular weight is 478 g/mol. The Morgan fingerprint density at radius 1 is 1.03 bits per heavy atom. The van der Waals surface area contributed by atoms with Crippen molar-refractivity contribution in [3.63, 3.8) is 0 Å². The second-order valence-corrected chi connectivity index (χ2v) is 9.89. The minimum Gasteiger partial charge on any atom is -0.497 e. The van der Waals surface area contributed by atoms with Gasteiger partial charge in [-0.05, 0) is 61.4 Å². The van der Waals surface area contributed by atoms with Crippen molar-refractivity contribution < 1.29 is 17.9 Å². The summed E-state index contributed by atoms with van der Waals surface area (Å²) in [6, 6.07) is 19.7. The van der Waals surface area contributed by atoms with Crippen LogP contribution in [0.5, 0.6) is 5.75 Å². The standard InChI is InChI=1S/C26H27N3O4S/c1-4-29(21-8-6-5-7-9-21)34(31,32)23-14-15-25(27-17-23)28-18-19(2)24(26(28)30)16-20-10-12-22(33-3)13-11-20/h5-15,17H,4,16,18H2,1-3H3. The largest absolute Gasteiger partial charge is 0.497 e. The summed E-state index contributed by atoms with van der Waals surface area (Å²) >= 11 is 0. The normalized spacial score (nSPS) is 14.0. The average Bonchev–Trinajstić information content (AvgIpc) is 3.14. The molecule has 2 heterocycles. The van der Waals surface area contributed by atoms with E-state index in [2.05, 4.69) is 4.98 Å². The number of anilines is 2. The minimum absolute atomic E-state index is 0.0803. The maximum Gasteiger partial charge on any atom is 0.265 e. The van der Waals surface area contributed by atoms with E-state index in [9.17, 15) is 13.2 Å². The molecule has 0 bridgehead atoms. The summed E-state index contributed by atoms with van der Waals surface area (Å²) in [5.74, 6) is 1.08. The van der Waals surface area contributed by atoms with Crippen molar-refractivity contribution >= 4 is 27.4 Å². The van der Waals surface area contributed by atoms with Crippen LogP contribution < -0.4 is 13.9 Å². The number of carbonyl (C=O) groups excluding carboxylic acids is 1. The summed E-state index contributed by atoms with van der Waals surface area (Å²) in [6.07, 6.45) is 1.83.